The zero-order valence-electron chi connectivity index (χ0n) is 19.5. The Balaban J connectivity index is 2.24. The Labute approximate surface area is 214 Å². The molecule has 2 amide bonds. The highest BCUT2D eigenvalue weighted by atomic mass is 79.9. The van der Waals surface area contributed by atoms with Gasteiger partial charge in [0.2, 0.25) is 5.91 Å². The van der Waals surface area contributed by atoms with Crippen molar-refractivity contribution in [2.45, 2.75) is 59.0 Å². The number of hydrogen-bond acceptors (Lipinski definition) is 3. The van der Waals surface area contributed by atoms with Gasteiger partial charge in [0.25, 0.3) is 5.91 Å². The van der Waals surface area contributed by atoms with E-state index in [1.165, 1.54) is 5.56 Å². The highest BCUT2D eigenvalue weighted by Gasteiger charge is 2.29. The maximum absolute atomic E-state index is 13.3. The van der Waals surface area contributed by atoms with Crippen molar-refractivity contribution in [2.75, 3.05) is 13.2 Å². The second kappa shape index (κ2) is 13.2. The second-order valence-corrected chi connectivity index (χ2v) is 9.79. The van der Waals surface area contributed by atoms with E-state index in [0.29, 0.717) is 34.7 Å². The molecule has 2 aromatic carbocycles. The van der Waals surface area contributed by atoms with Crippen molar-refractivity contribution in [1.29, 1.82) is 0 Å². The lowest BCUT2D eigenvalue weighted by Crippen LogP contribution is -2.50. The molecule has 0 aliphatic heterocycles. The van der Waals surface area contributed by atoms with Gasteiger partial charge in [-0.15, -0.1) is 0 Å². The number of hydrogen-bond donors (Lipinski definition) is 1. The van der Waals surface area contributed by atoms with E-state index < -0.39 is 6.04 Å². The van der Waals surface area contributed by atoms with Crippen LogP contribution in [-0.4, -0.2) is 35.9 Å². The molecule has 0 bridgehead atoms. The molecule has 0 radical (unpaired) electrons. The van der Waals surface area contributed by atoms with Crippen LogP contribution in [0.25, 0.3) is 0 Å². The van der Waals surface area contributed by atoms with Crippen molar-refractivity contribution >= 4 is 50.9 Å². The Kier molecular flexibility index (Phi) is 11.0. The third kappa shape index (κ3) is 7.90. The molecule has 0 heterocycles. The first-order valence-corrected chi connectivity index (χ1v) is 12.7. The maximum Gasteiger partial charge on any atom is 0.261 e. The molecule has 1 N–H and O–H groups in total. The summed E-state index contributed by atoms with van der Waals surface area (Å²) < 4.78 is 6.62. The third-order valence-electron chi connectivity index (χ3n) is 5.25. The van der Waals surface area contributed by atoms with Gasteiger partial charge in [-0.1, -0.05) is 63.0 Å². The fourth-order valence-electron chi connectivity index (χ4n) is 3.34. The van der Waals surface area contributed by atoms with Crippen molar-refractivity contribution in [3.05, 3.63) is 62.0 Å². The second-order valence-electron chi connectivity index (χ2n) is 8.12. The summed E-state index contributed by atoms with van der Waals surface area (Å²) in [6.07, 6.45) is 1.28. The number of rotatable bonds is 11. The van der Waals surface area contributed by atoms with E-state index in [4.69, 9.17) is 27.9 Å². The fourth-order valence-corrected chi connectivity index (χ4v) is 4.17. The highest BCUT2D eigenvalue weighted by molar-refractivity contribution is 9.10. The van der Waals surface area contributed by atoms with Crippen LogP contribution in [0.3, 0.4) is 0 Å². The summed E-state index contributed by atoms with van der Waals surface area (Å²) >= 11 is 15.7. The van der Waals surface area contributed by atoms with Gasteiger partial charge in [0.05, 0.1) is 14.5 Å². The van der Waals surface area contributed by atoms with Gasteiger partial charge in [-0.05, 0) is 70.1 Å². The summed E-state index contributed by atoms with van der Waals surface area (Å²) in [5.74, 6) is 0.478. The monoisotopic (exact) mass is 556 g/mol. The fraction of sp³-hybridized carbons (Fsp3) is 0.440. The summed E-state index contributed by atoms with van der Waals surface area (Å²) in [5.41, 5.74) is 1.95. The molecular weight excluding hydrogens is 527 g/mol. The number of benzene rings is 2. The number of amides is 2. The van der Waals surface area contributed by atoms with Crippen LogP contribution in [0.4, 0.5) is 0 Å². The maximum atomic E-state index is 13.3. The van der Waals surface area contributed by atoms with E-state index in [-0.39, 0.29) is 25.0 Å². The van der Waals surface area contributed by atoms with E-state index >= 15 is 0 Å². The molecule has 5 nitrogen and oxygen atoms in total. The van der Waals surface area contributed by atoms with Crippen LogP contribution in [0.15, 0.2) is 40.9 Å². The molecule has 2 aromatic rings. The Morgan fingerprint density at radius 2 is 1.82 bits per heavy atom. The van der Waals surface area contributed by atoms with E-state index in [9.17, 15) is 9.59 Å². The largest absolute Gasteiger partial charge is 0.483 e. The molecule has 180 valence electrons. The Bertz CT molecular complexity index is 969. The molecule has 2 rings (SSSR count). The summed E-state index contributed by atoms with van der Waals surface area (Å²) in [6, 6.07) is 10.4. The van der Waals surface area contributed by atoms with Gasteiger partial charge in [0.15, 0.2) is 6.61 Å². The van der Waals surface area contributed by atoms with Crippen LogP contribution < -0.4 is 10.1 Å². The third-order valence-corrected chi connectivity index (χ3v) is 6.60. The minimum Gasteiger partial charge on any atom is -0.483 e. The van der Waals surface area contributed by atoms with E-state index in [0.717, 1.165) is 16.5 Å². The van der Waals surface area contributed by atoms with Gasteiger partial charge in [0, 0.05) is 13.1 Å². The van der Waals surface area contributed by atoms with Crippen LogP contribution in [0, 0.1) is 0 Å². The molecule has 1 atom stereocenters. The smallest absolute Gasteiger partial charge is 0.261 e. The molecule has 0 spiro atoms. The Hall–Kier alpha value is -1.76. The molecule has 33 heavy (non-hydrogen) atoms. The summed E-state index contributed by atoms with van der Waals surface area (Å²) in [7, 11) is 0. The highest BCUT2D eigenvalue weighted by Crippen LogP contribution is 2.29. The normalized spacial score (nSPS) is 11.9. The predicted molar refractivity (Wildman–Crippen MR) is 138 cm³/mol. The van der Waals surface area contributed by atoms with Crippen molar-refractivity contribution < 1.29 is 14.3 Å². The average Bonchev–Trinajstić information content (AvgIpc) is 2.78. The molecule has 0 saturated heterocycles. The van der Waals surface area contributed by atoms with Crippen molar-refractivity contribution in [1.82, 2.24) is 10.2 Å². The number of halogens is 3. The standard InChI is InChI=1S/C25H31BrCl2N2O3/c1-5-11-29-25(32)22(6-2)30(14-17-7-9-20(27)21(28)12-17)24(31)15-33-23-10-8-18(16(3)4)13-19(23)26/h7-10,12-13,16,22H,5-6,11,14-15H2,1-4H3,(H,29,32)/t22-/m0/s1. The minimum atomic E-state index is -0.631. The Morgan fingerprint density at radius 3 is 2.39 bits per heavy atom. The summed E-state index contributed by atoms with van der Waals surface area (Å²) in [5, 5.41) is 3.73. The summed E-state index contributed by atoms with van der Waals surface area (Å²) in [4.78, 5) is 27.6. The first-order chi connectivity index (χ1) is 15.7. The number of ether oxygens (including phenoxy) is 1. The number of carbonyl (C=O) groups is 2. The molecule has 0 aliphatic rings. The first kappa shape index (κ1) is 27.5. The molecule has 0 unspecified atom stereocenters. The summed E-state index contributed by atoms with van der Waals surface area (Å²) in [6.45, 7) is 8.66. The zero-order chi connectivity index (χ0) is 24.5. The van der Waals surface area contributed by atoms with Gasteiger partial charge in [-0.2, -0.15) is 0 Å². The number of carbonyl (C=O) groups excluding carboxylic acids is 2. The van der Waals surface area contributed by atoms with E-state index in [1.54, 1.807) is 23.1 Å². The molecule has 0 aliphatic carbocycles. The number of nitrogens with zero attached hydrogens (tertiary/aromatic N) is 1. The van der Waals surface area contributed by atoms with Crippen LogP contribution in [0.5, 0.6) is 5.75 Å². The molecule has 8 heteroatoms. The minimum absolute atomic E-state index is 0.185. The van der Waals surface area contributed by atoms with Crippen LogP contribution in [0.2, 0.25) is 10.0 Å². The Morgan fingerprint density at radius 1 is 1.09 bits per heavy atom. The van der Waals surface area contributed by atoms with E-state index in [1.807, 2.05) is 32.0 Å². The van der Waals surface area contributed by atoms with Crippen LogP contribution in [0.1, 0.15) is 57.6 Å². The lowest BCUT2D eigenvalue weighted by Gasteiger charge is -2.30. The topological polar surface area (TPSA) is 58.6 Å². The van der Waals surface area contributed by atoms with E-state index in [2.05, 4.69) is 35.1 Å². The van der Waals surface area contributed by atoms with Crippen molar-refractivity contribution in [3.8, 4) is 5.75 Å². The lowest BCUT2D eigenvalue weighted by atomic mass is 10.0. The molecular formula is C25H31BrCl2N2O3. The van der Waals surface area contributed by atoms with Gasteiger partial charge >= 0.3 is 0 Å². The predicted octanol–water partition coefficient (Wildman–Crippen LogP) is 6.59. The van der Waals surface area contributed by atoms with Crippen molar-refractivity contribution in [3.63, 3.8) is 0 Å². The zero-order valence-corrected chi connectivity index (χ0v) is 22.6. The van der Waals surface area contributed by atoms with Crippen molar-refractivity contribution in [2.24, 2.45) is 0 Å². The van der Waals surface area contributed by atoms with Gasteiger partial charge in [-0.3, -0.25) is 9.59 Å². The molecule has 0 aromatic heterocycles. The SMILES string of the molecule is CCCNC(=O)[C@H](CC)N(Cc1ccc(Cl)c(Cl)c1)C(=O)COc1ccc(C(C)C)cc1Br. The first-order valence-electron chi connectivity index (χ1n) is 11.1. The van der Waals surface area contributed by atoms with Crippen LogP contribution in [-0.2, 0) is 16.1 Å². The van der Waals surface area contributed by atoms with Gasteiger partial charge < -0.3 is 15.0 Å². The molecule has 0 fully saturated rings. The lowest BCUT2D eigenvalue weighted by molar-refractivity contribution is -0.143. The molecule has 0 saturated carbocycles. The quantitative estimate of drug-likeness (QED) is 0.339. The average molecular weight is 558 g/mol. The van der Waals surface area contributed by atoms with Crippen LogP contribution >= 0.6 is 39.1 Å². The van der Waals surface area contributed by atoms with Gasteiger partial charge in [-0.25, -0.2) is 0 Å². The number of nitrogens with one attached hydrogen (secondary N) is 1. The van der Waals surface area contributed by atoms with Gasteiger partial charge in [0.1, 0.15) is 11.8 Å².